The molecule has 0 aliphatic heterocycles. The molecule has 0 amide bonds. The summed E-state index contributed by atoms with van der Waals surface area (Å²) in [5.74, 6) is -0.0447. The van der Waals surface area contributed by atoms with E-state index >= 15 is 0 Å². The van der Waals surface area contributed by atoms with Crippen molar-refractivity contribution in [1.29, 1.82) is 0 Å². The van der Waals surface area contributed by atoms with Crippen molar-refractivity contribution in [2.24, 2.45) is 4.99 Å². The van der Waals surface area contributed by atoms with E-state index in [4.69, 9.17) is 0 Å². The van der Waals surface area contributed by atoms with Gasteiger partial charge in [-0.3, -0.25) is 15.1 Å². The van der Waals surface area contributed by atoms with Gasteiger partial charge in [-0.05, 0) is 43.2 Å². The first kappa shape index (κ1) is 18.8. The minimum Gasteiger partial charge on any atom is -0.507 e. The zero-order valence-electron chi connectivity index (χ0n) is 12.1. The van der Waals surface area contributed by atoms with Gasteiger partial charge in [-0.25, -0.2) is 0 Å². The average Bonchev–Trinajstić information content (AvgIpc) is 2.39. The van der Waals surface area contributed by atoms with Crippen LogP contribution in [0.15, 0.2) is 39.8 Å². The monoisotopic (exact) mass is 553 g/mol. The minimum absolute atomic E-state index is 0. The molecule has 0 aliphatic carbocycles. The third-order valence-electron chi connectivity index (χ3n) is 3.01. The fourth-order valence-corrected chi connectivity index (χ4v) is 2.69. The smallest absolute Gasteiger partial charge is 0.507 e. The number of aliphatic imine (C=N–C) groups is 1. The first-order valence-electron chi connectivity index (χ1n) is 6.16. The molecule has 110 valence electrons. The Morgan fingerprint density at radius 2 is 1.82 bits per heavy atom. The van der Waals surface area contributed by atoms with Gasteiger partial charge in [0.2, 0.25) is 0 Å². The second-order valence-electron chi connectivity index (χ2n) is 4.65. The van der Waals surface area contributed by atoms with Crippen LogP contribution in [0.25, 0.3) is 0 Å². The van der Waals surface area contributed by atoms with E-state index in [0.29, 0.717) is 5.56 Å². The molecule has 0 aliphatic rings. The Hall–Kier alpha value is -1.29. The van der Waals surface area contributed by atoms with Crippen LogP contribution in [0.1, 0.15) is 16.7 Å². The van der Waals surface area contributed by atoms with Crippen LogP contribution < -0.4 is 0 Å². The molecule has 0 saturated carbocycles. The Balaban J connectivity index is 0.00000242. The van der Waals surface area contributed by atoms with Gasteiger partial charge in [0.1, 0.15) is 5.75 Å². The fraction of sp³-hybridized carbons (Fsp3) is 0.133. The Bertz CT molecular complexity index is 725. The molecule has 2 aromatic rings. The Kier molecular flexibility index (Phi) is 6.67. The van der Waals surface area contributed by atoms with Crippen molar-refractivity contribution >= 4 is 60.8 Å². The quantitative estimate of drug-likeness (QED) is 0.270. The second kappa shape index (κ2) is 7.82. The van der Waals surface area contributed by atoms with E-state index in [-0.39, 0.29) is 38.7 Å². The summed E-state index contributed by atoms with van der Waals surface area (Å²) in [5, 5.41) is 20.5. The summed E-state index contributed by atoms with van der Waals surface area (Å²) in [6.45, 7) is 3.86. The molecule has 0 unspecified atom stereocenters. The topological polar surface area (TPSA) is 75.7 Å². The number of nitrogens with zero attached hydrogens (tertiary/aromatic N) is 2. The molecule has 0 fully saturated rings. The number of halogens is 1. The van der Waals surface area contributed by atoms with Crippen molar-refractivity contribution < 1.29 is 10.0 Å². The number of nitro benzene ring substituents is 1. The molecule has 5 nitrogen and oxygen atoms in total. The van der Waals surface area contributed by atoms with Gasteiger partial charge in [-0.2, -0.15) is 0 Å². The van der Waals surface area contributed by atoms with Crippen LogP contribution in [-0.4, -0.2) is 43.5 Å². The third-order valence-corrected chi connectivity index (χ3v) is 3.47. The molecule has 7 heteroatoms. The first-order valence-corrected chi connectivity index (χ1v) is 6.96. The second-order valence-corrected chi connectivity index (χ2v) is 5.56. The number of hydrogen-bond donors (Lipinski definition) is 1. The predicted molar refractivity (Wildman–Crippen MR) is 91.4 cm³/mol. The maximum absolute atomic E-state index is 10.8. The van der Waals surface area contributed by atoms with Crippen molar-refractivity contribution in [3.05, 3.63) is 61.6 Å². The van der Waals surface area contributed by atoms with Crippen molar-refractivity contribution in [1.82, 2.24) is 0 Å². The molecule has 0 bridgehead atoms. The Labute approximate surface area is 156 Å². The summed E-state index contributed by atoms with van der Waals surface area (Å²) in [4.78, 5) is 14.6. The number of phenolic OH excluding ortho intramolecular Hbond substituents is 1. The predicted octanol–water partition coefficient (Wildman–Crippen LogP) is 4.05. The van der Waals surface area contributed by atoms with E-state index in [1.54, 1.807) is 0 Å². The zero-order chi connectivity index (χ0) is 15.6. The van der Waals surface area contributed by atoms with Gasteiger partial charge in [0.25, 0.3) is 5.69 Å². The summed E-state index contributed by atoms with van der Waals surface area (Å²) in [6, 6.07) is 7.71. The van der Waals surface area contributed by atoms with Crippen LogP contribution in [0.2, 0.25) is 0 Å². The minimum atomic E-state index is -0.507. The van der Waals surface area contributed by atoms with Crippen molar-refractivity contribution in [3.8, 4) is 5.75 Å². The summed E-state index contributed by atoms with van der Waals surface area (Å²) in [6.07, 6.45) is 1.44. The third kappa shape index (κ3) is 4.36. The van der Waals surface area contributed by atoms with Crippen LogP contribution in [0.4, 0.5) is 11.4 Å². The number of phenols is 1. The molecule has 0 saturated heterocycles. The standard InChI is InChI=1S/C15H13BrN2O3.Tl/c1-9-5-12(16)6-10(2)15(9)17-8-11-7-13(18(20)21)3-4-14(11)19;/h3-8,19H,1-2H3;/q;+1. The molecule has 0 atom stereocenters. The fourth-order valence-electron chi connectivity index (χ4n) is 2.00. The van der Waals surface area contributed by atoms with Gasteiger partial charge < -0.3 is 5.11 Å². The van der Waals surface area contributed by atoms with Crippen LogP contribution in [0.5, 0.6) is 5.75 Å². The molecule has 22 heavy (non-hydrogen) atoms. The summed E-state index contributed by atoms with van der Waals surface area (Å²) in [5.41, 5.74) is 2.96. The largest absolute Gasteiger partial charge is 1.00 e. The number of hydrogen-bond acceptors (Lipinski definition) is 4. The molecule has 1 N–H and O–H groups in total. The normalized spacial score (nSPS) is 10.5. The van der Waals surface area contributed by atoms with Gasteiger partial charge in [0, 0.05) is 28.4 Å². The van der Waals surface area contributed by atoms with Crippen LogP contribution in [-0.2, 0) is 0 Å². The van der Waals surface area contributed by atoms with Gasteiger partial charge in [0.05, 0.1) is 10.6 Å². The van der Waals surface area contributed by atoms with Crippen LogP contribution >= 0.6 is 15.9 Å². The Morgan fingerprint density at radius 3 is 2.36 bits per heavy atom. The molecule has 2 aromatic carbocycles. The maximum atomic E-state index is 10.8. The van der Waals surface area contributed by atoms with Crippen molar-refractivity contribution in [2.75, 3.05) is 0 Å². The number of non-ortho nitro benzene ring substituents is 1. The Morgan fingerprint density at radius 1 is 1.23 bits per heavy atom. The average molecular weight is 554 g/mol. The maximum Gasteiger partial charge on any atom is 1.00 e. The van der Waals surface area contributed by atoms with Crippen molar-refractivity contribution in [2.45, 2.75) is 13.8 Å². The molecular weight excluding hydrogens is 540 g/mol. The van der Waals surface area contributed by atoms with E-state index in [1.807, 2.05) is 26.0 Å². The van der Waals surface area contributed by atoms with E-state index in [1.165, 1.54) is 24.4 Å². The summed E-state index contributed by atoms with van der Waals surface area (Å²) in [7, 11) is 0. The van der Waals surface area contributed by atoms with E-state index in [2.05, 4.69) is 20.9 Å². The molecule has 0 spiro atoms. The zero-order valence-corrected chi connectivity index (χ0v) is 18.2. The van der Waals surface area contributed by atoms with Crippen molar-refractivity contribution in [3.63, 3.8) is 0 Å². The van der Waals surface area contributed by atoms with E-state index < -0.39 is 4.92 Å². The number of aryl methyl sites for hydroxylation is 2. The number of nitro groups is 1. The van der Waals surface area contributed by atoms with Gasteiger partial charge in [0.15, 0.2) is 0 Å². The molecule has 0 aromatic heterocycles. The number of aromatic hydroxyl groups is 1. The van der Waals surface area contributed by atoms with E-state index in [9.17, 15) is 15.2 Å². The van der Waals surface area contributed by atoms with Gasteiger partial charge >= 0.3 is 27.3 Å². The van der Waals surface area contributed by atoms with Crippen LogP contribution in [0, 0.1) is 24.0 Å². The SMILES string of the molecule is Cc1cc(Br)cc(C)c1N=Cc1cc([N+](=O)[O-])ccc1O.[Tl+]. The molecule has 0 radical (unpaired) electrons. The van der Waals surface area contributed by atoms with Gasteiger partial charge in [-0.1, -0.05) is 15.9 Å². The summed E-state index contributed by atoms with van der Waals surface area (Å²) >= 11 is 3.41. The molecule has 2 rings (SSSR count). The van der Waals surface area contributed by atoms with Gasteiger partial charge in [-0.15, -0.1) is 0 Å². The summed E-state index contributed by atoms with van der Waals surface area (Å²) < 4.78 is 0.967. The first-order chi connectivity index (χ1) is 9.88. The molecular formula is C15H13BrN2O3Tl+. The van der Waals surface area contributed by atoms with Crippen LogP contribution in [0.3, 0.4) is 0 Å². The number of benzene rings is 2. The number of rotatable bonds is 3. The van der Waals surface area contributed by atoms with E-state index in [0.717, 1.165) is 21.3 Å². The molecule has 0 heterocycles.